The third kappa shape index (κ3) is 5.35. The summed E-state index contributed by atoms with van der Waals surface area (Å²) in [4.78, 5) is 17.8. The van der Waals surface area contributed by atoms with Crippen LogP contribution in [-0.2, 0) is 0 Å². The monoisotopic (exact) mass is 686 g/mol. The maximum atomic E-state index is 7.52. The first-order valence-electron chi connectivity index (χ1n) is 17.9. The van der Waals surface area contributed by atoms with Crippen molar-refractivity contribution in [2.45, 2.75) is 0 Å². The van der Waals surface area contributed by atoms with E-state index in [1.165, 1.54) is 26.9 Å². The standard InChI is InChI=1S/C50H30N4/c1-51-41-21-18-34(19-22-41)50-49-45-13-5-3-11-43(45)42-10-2-4-12-44(42)48(49)46-23-20-35(29-47(46)54-50)32-14-16-33(17-15-32)38-26-39(36-8-6-24-52-30-36)28-40(27-38)37-9-7-25-53-31-37/h2-31H. The summed E-state index contributed by atoms with van der Waals surface area (Å²) in [6.07, 6.45) is 7.42. The Morgan fingerprint density at radius 3 is 1.43 bits per heavy atom. The van der Waals surface area contributed by atoms with Gasteiger partial charge in [-0.3, -0.25) is 9.97 Å². The summed E-state index contributed by atoms with van der Waals surface area (Å²) in [5, 5.41) is 8.24. The fourth-order valence-corrected chi connectivity index (χ4v) is 7.81. The Morgan fingerprint density at radius 2 is 0.870 bits per heavy atom. The Balaban J connectivity index is 1.13. The lowest BCUT2D eigenvalue weighted by molar-refractivity contribution is 1.32. The van der Waals surface area contributed by atoms with Crippen molar-refractivity contribution in [2.24, 2.45) is 0 Å². The van der Waals surface area contributed by atoms with Crippen molar-refractivity contribution in [1.82, 2.24) is 15.0 Å². The zero-order valence-corrected chi connectivity index (χ0v) is 29.1. The van der Waals surface area contributed by atoms with E-state index in [0.717, 1.165) is 72.1 Å². The molecule has 3 aromatic heterocycles. The van der Waals surface area contributed by atoms with Crippen molar-refractivity contribution >= 4 is 48.9 Å². The Labute approximate surface area is 312 Å². The molecule has 0 saturated heterocycles. The minimum absolute atomic E-state index is 0.613. The van der Waals surface area contributed by atoms with E-state index in [1.54, 1.807) is 12.4 Å². The molecular formula is C50H30N4. The maximum Gasteiger partial charge on any atom is 0.187 e. The number of rotatable bonds is 5. The molecule has 0 saturated carbocycles. The first kappa shape index (κ1) is 31.3. The molecule has 250 valence electrons. The summed E-state index contributed by atoms with van der Waals surface area (Å²) in [5.41, 5.74) is 12.3. The van der Waals surface area contributed by atoms with Crippen molar-refractivity contribution < 1.29 is 0 Å². The van der Waals surface area contributed by atoms with Gasteiger partial charge < -0.3 is 0 Å². The molecule has 4 heteroatoms. The average Bonchev–Trinajstić information content (AvgIpc) is 3.26. The molecule has 4 nitrogen and oxygen atoms in total. The van der Waals surface area contributed by atoms with Crippen LogP contribution in [0.3, 0.4) is 0 Å². The molecule has 0 unspecified atom stereocenters. The van der Waals surface area contributed by atoms with Gasteiger partial charge in [-0.1, -0.05) is 121 Å². The minimum atomic E-state index is 0.613. The summed E-state index contributed by atoms with van der Waals surface area (Å²) in [7, 11) is 0. The first-order valence-corrected chi connectivity index (χ1v) is 17.9. The van der Waals surface area contributed by atoms with Gasteiger partial charge in [0.15, 0.2) is 5.69 Å². The van der Waals surface area contributed by atoms with Crippen LogP contribution in [0.1, 0.15) is 0 Å². The smallest absolute Gasteiger partial charge is 0.187 e. The molecule has 0 spiro atoms. The Bertz CT molecular complexity index is 3020. The molecule has 0 amide bonds. The van der Waals surface area contributed by atoms with Crippen LogP contribution < -0.4 is 0 Å². The predicted octanol–water partition coefficient (Wildman–Crippen LogP) is 13.4. The maximum absolute atomic E-state index is 7.52. The van der Waals surface area contributed by atoms with Crippen LogP contribution in [-0.4, -0.2) is 15.0 Å². The lowest BCUT2D eigenvalue weighted by Crippen LogP contribution is -1.93. The Hall–Kier alpha value is -7.48. The summed E-state index contributed by atoms with van der Waals surface area (Å²) in [6.45, 7) is 7.52. The normalized spacial score (nSPS) is 11.3. The average molecular weight is 687 g/mol. The highest BCUT2D eigenvalue weighted by molar-refractivity contribution is 6.33. The quantitative estimate of drug-likeness (QED) is 0.134. The van der Waals surface area contributed by atoms with Gasteiger partial charge in [-0.05, 0) is 96.9 Å². The number of pyridine rings is 3. The molecule has 10 aromatic rings. The molecule has 54 heavy (non-hydrogen) atoms. The van der Waals surface area contributed by atoms with Crippen LogP contribution in [0.4, 0.5) is 5.69 Å². The topological polar surface area (TPSA) is 43.0 Å². The molecule has 0 atom stereocenters. The van der Waals surface area contributed by atoms with Gasteiger partial charge in [0.2, 0.25) is 0 Å². The fraction of sp³-hybridized carbons (Fsp3) is 0. The van der Waals surface area contributed by atoms with Crippen LogP contribution in [0.5, 0.6) is 0 Å². The van der Waals surface area contributed by atoms with Crippen molar-refractivity contribution in [2.75, 3.05) is 0 Å². The van der Waals surface area contributed by atoms with Gasteiger partial charge in [0.05, 0.1) is 17.8 Å². The molecule has 0 radical (unpaired) electrons. The number of benzene rings is 7. The van der Waals surface area contributed by atoms with Gasteiger partial charge in [-0.15, -0.1) is 0 Å². The SMILES string of the molecule is [C-]#[N+]c1ccc(-c2nc3cc(-c4ccc(-c5cc(-c6cccnc6)cc(-c6cccnc6)c5)cc4)ccc3c3c4ccccc4c4ccccc4c23)cc1. The van der Waals surface area contributed by atoms with E-state index in [9.17, 15) is 0 Å². The molecule has 0 N–H and O–H groups in total. The minimum Gasteiger partial charge on any atom is -0.264 e. The summed E-state index contributed by atoms with van der Waals surface area (Å²) < 4.78 is 0. The number of aromatic nitrogens is 3. The van der Waals surface area contributed by atoms with Gasteiger partial charge in [-0.2, -0.15) is 0 Å². The van der Waals surface area contributed by atoms with Crippen molar-refractivity contribution in [3.8, 4) is 55.8 Å². The predicted molar refractivity (Wildman–Crippen MR) is 223 cm³/mol. The molecular weight excluding hydrogens is 657 g/mol. The Morgan fingerprint density at radius 1 is 0.370 bits per heavy atom. The Kier molecular flexibility index (Phi) is 7.49. The van der Waals surface area contributed by atoms with Gasteiger partial charge in [-0.25, -0.2) is 9.83 Å². The van der Waals surface area contributed by atoms with E-state index in [4.69, 9.17) is 11.6 Å². The molecule has 3 heterocycles. The van der Waals surface area contributed by atoms with Gasteiger partial charge in [0.1, 0.15) is 0 Å². The second-order valence-electron chi connectivity index (χ2n) is 13.6. The molecule has 0 bridgehead atoms. The fourth-order valence-electron chi connectivity index (χ4n) is 7.81. The summed E-state index contributed by atoms with van der Waals surface area (Å²) in [5.74, 6) is 0. The van der Waals surface area contributed by atoms with Crippen LogP contribution in [0.25, 0.3) is 104 Å². The van der Waals surface area contributed by atoms with Gasteiger partial charge in [0, 0.05) is 52.1 Å². The first-order chi connectivity index (χ1) is 26.7. The van der Waals surface area contributed by atoms with Gasteiger partial charge >= 0.3 is 0 Å². The van der Waals surface area contributed by atoms with E-state index in [-0.39, 0.29) is 0 Å². The van der Waals surface area contributed by atoms with E-state index in [0.29, 0.717) is 5.69 Å². The third-order valence-corrected chi connectivity index (χ3v) is 10.4. The second kappa shape index (κ2) is 12.9. The highest BCUT2D eigenvalue weighted by atomic mass is 14.7. The van der Waals surface area contributed by atoms with E-state index < -0.39 is 0 Å². The molecule has 0 aliphatic heterocycles. The van der Waals surface area contributed by atoms with E-state index in [2.05, 4.69) is 136 Å². The largest absolute Gasteiger partial charge is 0.264 e. The van der Waals surface area contributed by atoms with E-state index in [1.807, 2.05) is 48.8 Å². The number of nitrogens with zero attached hydrogens (tertiary/aromatic N) is 4. The summed E-state index contributed by atoms with van der Waals surface area (Å²) >= 11 is 0. The number of hydrogen-bond donors (Lipinski definition) is 0. The zero-order chi connectivity index (χ0) is 36.0. The highest BCUT2D eigenvalue weighted by Gasteiger charge is 2.18. The second-order valence-corrected chi connectivity index (χ2v) is 13.6. The summed E-state index contributed by atoms with van der Waals surface area (Å²) in [6, 6.07) is 55.4. The van der Waals surface area contributed by atoms with Crippen molar-refractivity contribution in [3.63, 3.8) is 0 Å². The van der Waals surface area contributed by atoms with Crippen LogP contribution in [0.15, 0.2) is 183 Å². The number of hydrogen-bond acceptors (Lipinski definition) is 3. The number of fused-ring (bicyclic) bond motifs is 8. The zero-order valence-electron chi connectivity index (χ0n) is 29.1. The molecule has 0 fully saturated rings. The van der Waals surface area contributed by atoms with Crippen LogP contribution in [0, 0.1) is 6.57 Å². The molecule has 0 aliphatic carbocycles. The van der Waals surface area contributed by atoms with Crippen molar-refractivity contribution in [3.05, 3.63) is 194 Å². The van der Waals surface area contributed by atoms with Gasteiger partial charge in [0.25, 0.3) is 0 Å². The van der Waals surface area contributed by atoms with E-state index >= 15 is 0 Å². The van der Waals surface area contributed by atoms with Crippen LogP contribution in [0.2, 0.25) is 0 Å². The molecule has 7 aromatic carbocycles. The molecule has 10 rings (SSSR count). The van der Waals surface area contributed by atoms with Crippen molar-refractivity contribution in [1.29, 1.82) is 0 Å². The van der Waals surface area contributed by atoms with Crippen LogP contribution >= 0.6 is 0 Å². The molecule has 0 aliphatic rings. The highest BCUT2D eigenvalue weighted by Crippen LogP contribution is 2.43. The third-order valence-electron chi connectivity index (χ3n) is 10.4. The lowest BCUT2D eigenvalue weighted by Gasteiger charge is -2.17. The lowest BCUT2D eigenvalue weighted by atomic mass is 9.89.